The van der Waals surface area contributed by atoms with Crippen LogP contribution >= 0.6 is 0 Å². The van der Waals surface area contributed by atoms with Crippen molar-refractivity contribution in [1.82, 2.24) is 4.90 Å². The van der Waals surface area contributed by atoms with E-state index in [9.17, 15) is 0 Å². The molecule has 0 spiro atoms. The smallest absolute Gasteiger partial charge is 0.0959 e. The standard InChI is InChI=1S/C7H12N2/c1-4-5-6-9(3)7-8-2/h7H,4H2,1-3H3. The maximum Gasteiger partial charge on any atom is 0.0959 e. The van der Waals surface area contributed by atoms with Crippen molar-refractivity contribution in [3.05, 3.63) is 0 Å². The molecule has 0 fully saturated rings. The summed E-state index contributed by atoms with van der Waals surface area (Å²) in [5, 5.41) is 0. The Morgan fingerprint density at radius 2 is 2.33 bits per heavy atom. The van der Waals surface area contributed by atoms with Gasteiger partial charge in [0, 0.05) is 26.6 Å². The molecule has 0 amide bonds. The van der Waals surface area contributed by atoms with E-state index in [0.29, 0.717) is 0 Å². The zero-order valence-electron chi connectivity index (χ0n) is 6.18. The van der Waals surface area contributed by atoms with Crippen LogP contribution < -0.4 is 0 Å². The Kier molecular flexibility index (Phi) is 4.61. The maximum atomic E-state index is 3.79. The van der Waals surface area contributed by atoms with Gasteiger partial charge in [-0.3, -0.25) is 9.89 Å². The van der Waals surface area contributed by atoms with Gasteiger partial charge in [0.2, 0.25) is 0 Å². The zero-order valence-corrected chi connectivity index (χ0v) is 6.18. The maximum absolute atomic E-state index is 3.79. The third-order valence-corrected chi connectivity index (χ3v) is 0.721. The Bertz CT molecular complexity index is 139. The lowest BCUT2D eigenvalue weighted by Crippen LogP contribution is -2.07. The van der Waals surface area contributed by atoms with Gasteiger partial charge >= 0.3 is 0 Å². The second kappa shape index (κ2) is 5.17. The van der Waals surface area contributed by atoms with Crippen molar-refractivity contribution >= 4 is 6.34 Å². The molecule has 0 heterocycles. The lowest BCUT2D eigenvalue weighted by atomic mass is 10.5. The first-order valence-corrected chi connectivity index (χ1v) is 2.95. The molecule has 0 aliphatic rings. The van der Waals surface area contributed by atoms with Crippen LogP contribution in [0.15, 0.2) is 4.99 Å². The van der Waals surface area contributed by atoms with Crippen LogP contribution in [0.2, 0.25) is 0 Å². The third-order valence-electron chi connectivity index (χ3n) is 0.721. The molecule has 0 aliphatic carbocycles. The van der Waals surface area contributed by atoms with Gasteiger partial charge in [-0.1, -0.05) is 12.8 Å². The zero-order chi connectivity index (χ0) is 7.11. The lowest BCUT2D eigenvalue weighted by molar-refractivity contribution is 0.747. The summed E-state index contributed by atoms with van der Waals surface area (Å²) in [7, 11) is 3.60. The highest BCUT2D eigenvalue weighted by atomic mass is 15.1. The molecular formula is C7H12N2. The Morgan fingerprint density at radius 1 is 1.67 bits per heavy atom. The first-order valence-electron chi connectivity index (χ1n) is 2.95. The minimum Gasteiger partial charge on any atom is -0.295 e. The molecule has 0 aromatic heterocycles. The van der Waals surface area contributed by atoms with Crippen LogP contribution in [0, 0.1) is 12.0 Å². The Hall–Kier alpha value is -0.970. The normalized spacial score (nSPS) is 8.78. The van der Waals surface area contributed by atoms with Crippen molar-refractivity contribution in [1.29, 1.82) is 0 Å². The van der Waals surface area contributed by atoms with Crippen LogP contribution in [0.5, 0.6) is 0 Å². The number of aliphatic imine (C=N–C) groups is 1. The average molecular weight is 124 g/mol. The van der Waals surface area contributed by atoms with Gasteiger partial charge in [0.05, 0.1) is 6.34 Å². The van der Waals surface area contributed by atoms with Crippen LogP contribution in [0.1, 0.15) is 13.3 Å². The molecule has 0 radical (unpaired) electrons. The molecule has 9 heavy (non-hydrogen) atoms. The molecule has 0 N–H and O–H groups in total. The van der Waals surface area contributed by atoms with E-state index in [-0.39, 0.29) is 0 Å². The first kappa shape index (κ1) is 8.03. The molecule has 0 aromatic carbocycles. The largest absolute Gasteiger partial charge is 0.295 e. The monoisotopic (exact) mass is 124 g/mol. The van der Waals surface area contributed by atoms with E-state index in [2.05, 4.69) is 17.0 Å². The van der Waals surface area contributed by atoms with Gasteiger partial charge in [-0.05, 0) is 0 Å². The van der Waals surface area contributed by atoms with Crippen molar-refractivity contribution in [3.63, 3.8) is 0 Å². The Labute approximate surface area is 56.6 Å². The summed E-state index contributed by atoms with van der Waals surface area (Å²) in [5.41, 5.74) is 0. The summed E-state index contributed by atoms with van der Waals surface area (Å²) in [5.74, 6) is 2.92. The molecule has 0 bridgehead atoms. The second-order valence-electron chi connectivity index (χ2n) is 1.63. The van der Waals surface area contributed by atoms with Crippen LogP contribution in [0.3, 0.4) is 0 Å². The number of hydrogen-bond donors (Lipinski definition) is 0. The SMILES string of the molecule is CCC#CN(C)C=NC. The molecule has 0 saturated heterocycles. The quantitative estimate of drug-likeness (QED) is 0.220. The molecule has 0 aliphatic heterocycles. The molecule has 0 aromatic rings. The Morgan fingerprint density at radius 3 is 2.78 bits per heavy atom. The number of rotatable bonds is 1. The predicted molar refractivity (Wildman–Crippen MR) is 40.2 cm³/mol. The van der Waals surface area contributed by atoms with Crippen molar-refractivity contribution in [2.45, 2.75) is 13.3 Å². The van der Waals surface area contributed by atoms with Crippen LogP contribution in [-0.4, -0.2) is 25.3 Å². The van der Waals surface area contributed by atoms with Crippen molar-refractivity contribution in [2.24, 2.45) is 4.99 Å². The second-order valence-corrected chi connectivity index (χ2v) is 1.63. The van der Waals surface area contributed by atoms with Crippen molar-refractivity contribution in [2.75, 3.05) is 14.1 Å². The highest BCUT2D eigenvalue weighted by Crippen LogP contribution is 1.72. The van der Waals surface area contributed by atoms with E-state index in [1.165, 1.54) is 0 Å². The number of hydrogen-bond acceptors (Lipinski definition) is 1. The van der Waals surface area contributed by atoms with Crippen molar-refractivity contribution in [3.8, 4) is 12.0 Å². The van der Waals surface area contributed by atoms with E-state index in [1.807, 2.05) is 14.0 Å². The third kappa shape index (κ3) is 4.89. The summed E-state index contributed by atoms with van der Waals surface area (Å²) in [6.45, 7) is 2.02. The van der Waals surface area contributed by atoms with Gasteiger partial charge in [0.25, 0.3) is 0 Å². The van der Waals surface area contributed by atoms with E-state index in [0.717, 1.165) is 6.42 Å². The molecule has 0 atom stereocenters. The average Bonchev–Trinajstić information content (AvgIpc) is 1.85. The van der Waals surface area contributed by atoms with Gasteiger partial charge < -0.3 is 0 Å². The first-order chi connectivity index (χ1) is 4.31. The van der Waals surface area contributed by atoms with Crippen LogP contribution in [0.4, 0.5) is 0 Å². The van der Waals surface area contributed by atoms with Crippen LogP contribution in [0.25, 0.3) is 0 Å². The molecule has 0 saturated carbocycles. The molecule has 2 heteroatoms. The Balaban J connectivity index is 3.61. The minimum absolute atomic E-state index is 0.891. The highest BCUT2D eigenvalue weighted by Gasteiger charge is 1.76. The summed E-state index contributed by atoms with van der Waals surface area (Å²) in [6.07, 6.45) is 2.57. The van der Waals surface area contributed by atoms with Gasteiger partial charge in [-0.2, -0.15) is 0 Å². The lowest BCUT2D eigenvalue weighted by Gasteiger charge is -1.98. The summed E-state index contributed by atoms with van der Waals surface area (Å²) < 4.78 is 0. The van der Waals surface area contributed by atoms with Crippen LogP contribution in [-0.2, 0) is 0 Å². The summed E-state index contributed by atoms with van der Waals surface area (Å²) in [6, 6.07) is 2.87. The molecule has 0 rings (SSSR count). The van der Waals surface area contributed by atoms with Crippen molar-refractivity contribution < 1.29 is 0 Å². The molecular weight excluding hydrogens is 112 g/mol. The summed E-state index contributed by atoms with van der Waals surface area (Å²) >= 11 is 0. The minimum atomic E-state index is 0.891. The molecule has 50 valence electrons. The van der Waals surface area contributed by atoms with E-state index in [4.69, 9.17) is 0 Å². The number of nitrogens with zero attached hydrogens (tertiary/aromatic N) is 2. The fourth-order valence-corrected chi connectivity index (χ4v) is 0.406. The fraction of sp³-hybridized carbons (Fsp3) is 0.571. The van der Waals surface area contributed by atoms with E-state index in [1.54, 1.807) is 18.3 Å². The highest BCUT2D eigenvalue weighted by molar-refractivity contribution is 5.56. The summed E-state index contributed by atoms with van der Waals surface area (Å²) in [4.78, 5) is 5.53. The van der Waals surface area contributed by atoms with Gasteiger partial charge in [-0.15, -0.1) is 0 Å². The van der Waals surface area contributed by atoms with Gasteiger partial charge in [-0.25, -0.2) is 0 Å². The topological polar surface area (TPSA) is 15.6 Å². The fourth-order valence-electron chi connectivity index (χ4n) is 0.406. The molecule has 2 nitrogen and oxygen atoms in total. The van der Waals surface area contributed by atoms with Gasteiger partial charge in [0.1, 0.15) is 0 Å². The molecule has 0 unspecified atom stereocenters. The van der Waals surface area contributed by atoms with E-state index >= 15 is 0 Å². The van der Waals surface area contributed by atoms with Gasteiger partial charge in [0.15, 0.2) is 0 Å². The predicted octanol–water partition coefficient (Wildman–Crippen LogP) is 0.947. The van der Waals surface area contributed by atoms with E-state index < -0.39 is 0 Å².